The van der Waals surface area contributed by atoms with Crippen molar-refractivity contribution in [3.8, 4) is 10.6 Å². The molecule has 0 unspecified atom stereocenters. The SMILES string of the molecule is OCCCc1nc(-c2ccc(Cl)s2)cs1. The maximum atomic E-state index is 8.72. The molecule has 0 aliphatic rings. The van der Waals surface area contributed by atoms with Gasteiger partial charge in [-0.2, -0.15) is 0 Å². The Balaban J connectivity index is 2.13. The van der Waals surface area contributed by atoms with Crippen LogP contribution in [0.15, 0.2) is 17.5 Å². The quantitative estimate of drug-likeness (QED) is 0.912. The Labute approximate surface area is 101 Å². The zero-order valence-corrected chi connectivity index (χ0v) is 10.3. The van der Waals surface area contributed by atoms with Crippen molar-refractivity contribution in [2.75, 3.05) is 6.61 Å². The van der Waals surface area contributed by atoms with Gasteiger partial charge in [0.1, 0.15) is 0 Å². The van der Waals surface area contributed by atoms with E-state index in [1.54, 1.807) is 11.3 Å². The van der Waals surface area contributed by atoms with Crippen LogP contribution < -0.4 is 0 Å². The van der Waals surface area contributed by atoms with Gasteiger partial charge in [-0.05, 0) is 18.6 Å². The van der Waals surface area contributed by atoms with Crippen molar-refractivity contribution >= 4 is 34.3 Å². The highest BCUT2D eigenvalue weighted by atomic mass is 35.5. The minimum atomic E-state index is 0.222. The standard InChI is InChI=1S/C10H10ClNOS2/c11-9-4-3-8(15-9)7-6-14-10(12-7)2-1-5-13/h3-4,6,13H,1-2,5H2. The summed E-state index contributed by atoms with van der Waals surface area (Å²) in [6.07, 6.45) is 1.62. The van der Waals surface area contributed by atoms with Crippen LogP contribution >= 0.6 is 34.3 Å². The second-order valence-corrected chi connectivity index (χ2v) is 5.72. The van der Waals surface area contributed by atoms with Crippen molar-refractivity contribution in [1.82, 2.24) is 4.98 Å². The number of thiazole rings is 1. The molecule has 0 bridgehead atoms. The lowest BCUT2D eigenvalue weighted by Crippen LogP contribution is -1.88. The van der Waals surface area contributed by atoms with Crippen LogP contribution in [0.5, 0.6) is 0 Å². The van der Waals surface area contributed by atoms with Crippen LogP contribution in [0.25, 0.3) is 10.6 Å². The van der Waals surface area contributed by atoms with Crippen LogP contribution in [0.3, 0.4) is 0 Å². The Morgan fingerprint density at radius 1 is 1.40 bits per heavy atom. The summed E-state index contributed by atoms with van der Waals surface area (Å²) in [6.45, 7) is 0.222. The van der Waals surface area contributed by atoms with Crippen LogP contribution in [0.1, 0.15) is 11.4 Å². The lowest BCUT2D eigenvalue weighted by atomic mass is 10.3. The number of hydrogen-bond acceptors (Lipinski definition) is 4. The molecule has 0 atom stereocenters. The van der Waals surface area contributed by atoms with Crippen molar-refractivity contribution in [1.29, 1.82) is 0 Å². The Bertz CT molecular complexity index is 438. The highest BCUT2D eigenvalue weighted by molar-refractivity contribution is 7.19. The van der Waals surface area contributed by atoms with E-state index in [1.807, 2.05) is 17.5 Å². The summed E-state index contributed by atoms with van der Waals surface area (Å²) >= 11 is 9.03. The molecule has 2 aromatic heterocycles. The predicted octanol–water partition coefficient (Wildman–Crippen LogP) is 3.45. The maximum Gasteiger partial charge on any atom is 0.0935 e. The second-order valence-electron chi connectivity index (χ2n) is 3.06. The van der Waals surface area contributed by atoms with Gasteiger partial charge in [-0.15, -0.1) is 22.7 Å². The van der Waals surface area contributed by atoms with Crippen molar-refractivity contribution in [3.63, 3.8) is 0 Å². The van der Waals surface area contributed by atoms with E-state index in [9.17, 15) is 0 Å². The molecule has 0 fully saturated rings. The number of thiophene rings is 1. The topological polar surface area (TPSA) is 33.1 Å². The first-order valence-electron chi connectivity index (χ1n) is 4.60. The Kier molecular flexibility index (Phi) is 3.75. The lowest BCUT2D eigenvalue weighted by molar-refractivity contribution is 0.288. The van der Waals surface area contributed by atoms with Gasteiger partial charge in [-0.3, -0.25) is 0 Å². The van der Waals surface area contributed by atoms with Gasteiger partial charge < -0.3 is 5.11 Å². The molecule has 1 N–H and O–H groups in total. The second kappa shape index (κ2) is 5.07. The van der Waals surface area contributed by atoms with Crippen molar-refractivity contribution < 1.29 is 5.11 Å². The van der Waals surface area contributed by atoms with Crippen LogP contribution in [-0.2, 0) is 6.42 Å². The van der Waals surface area contributed by atoms with Gasteiger partial charge >= 0.3 is 0 Å². The highest BCUT2D eigenvalue weighted by Crippen LogP contribution is 2.31. The number of aromatic nitrogens is 1. The predicted molar refractivity (Wildman–Crippen MR) is 65.8 cm³/mol. The first kappa shape index (κ1) is 11.1. The molecule has 2 rings (SSSR count). The number of aliphatic hydroxyl groups excluding tert-OH is 1. The molecule has 80 valence electrons. The van der Waals surface area contributed by atoms with E-state index in [0.29, 0.717) is 0 Å². The van der Waals surface area contributed by atoms with E-state index in [4.69, 9.17) is 16.7 Å². The van der Waals surface area contributed by atoms with E-state index in [-0.39, 0.29) is 6.61 Å². The zero-order chi connectivity index (χ0) is 10.7. The third-order valence-electron chi connectivity index (χ3n) is 1.93. The molecule has 15 heavy (non-hydrogen) atoms. The first-order chi connectivity index (χ1) is 7.29. The van der Waals surface area contributed by atoms with E-state index in [0.717, 1.165) is 32.8 Å². The van der Waals surface area contributed by atoms with Crippen LogP contribution in [0.2, 0.25) is 4.34 Å². The molecule has 2 nitrogen and oxygen atoms in total. The van der Waals surface area contributed by atoms with Gasteiger partial charge in [0.05, 0.1) is 19.9 Å². The summed E-state index contributed by atoms with van der Waals surface area (Å²) in [7, 11) is 0. The molecule has 0 saturated carbocycles. The summed E-state index contributed by atoms with van der Waals surface area (Å²) < 4.78 is 0.787. The minimum absolute atomic E-state index is 0.222. The molecule has 0 aliphatic carbocycles. The summed E-state index contributed by atoms with van der Waals surface area (Å²) in [4.78, 5) is 5.59. The molecule has 0 spiro atoms. The minimum Gasteiger partial charge on any atom is -0.396 e. The number of nitrogens with zero attached hydrogens (tertiary/aromatic N) is 1. The third kappa shape index (κ3) is 2.78. The van der Waals surface area contributed by atoms with E-state index < -0.39 is 0 Å². The summed E-state index contributed by atoms with van der Waals surface area (Å²) in [6, 6.07) is 3.87. The molecular formula is C10H10ClNOS2. The fourth-order valence-electron chi connectivity index (χ4n) is 1.22. The number of aliphatic hydroxyl groups is 1. The molecule has 0 saturated heterocycles. The fraction of sp³-hybridized carbons (Fsp3) is 0.300. The largest absolute Gasteiger partial charge is 0.396 e. The van der Waals surface area contributed by atoms with E-state index >= 15 is 0 Å². The maximum absolute atomic E-state index is 8.72. The monoisotopic (exact) mass is 259 g/mol. The normalized spacial score (nSPS) is 10.8. The Morgan fingerprint density at radius 2 is 2.27 bits per heavy atom. The lowest BCUT2D eigenvalue weighted by Gasteiger charge is -1.91. The van der Waals surface area contributed by atoms with Gasteiger partial charge in [-0.25, -0.2) is 4.98 Å². The average molecular weight is 260 g/mol. The van der Waals surface area contributed by atoms with Gasteiger partial charge in [0.15, 0.2) is 0 Å². The fourth-order valence-corrected chi connectivity index (χ4v) is 3.14. The van der Waals surface area contributed by atoms with Gasteiger partial charge in [0, 0.05) is 18.4 Å². The molecule has 0 amide bonds. The molecular weight excluding hydrogens is 250 g/mol. The average Bonchev–Trinajstić information content (AvgIpc) is 2.83. The molecule has 2 heterocycles. The van der Waals surface area contributed by atoms with E-state index in [1.165, 1.54) is 11.3 Å². The molecule has 0 radical (unpaired) electrons. The summed E-state index contributed by atoms with van der Waals surface area (Å²) in [5, 5.41) is 11.8. The molecule has 5 heteroatoms. The Hall–Kier alpha value is -0.420. The summed E-state index contributed by atoms with van der Waals surface area (Å²) in [5.74, 6) is 0. The number of hydrogen-bond donors (Lipinski definition) is 1. The molecule has 2 aromatic rings. The van der Waals surface area contributed by atoms with Crippen molar-refractivity contribution in [2.24, 2.45) is 0 Å². The van der Waals surface area contributed by atoms with Crippen LogP contribution in [0.4, 0.5) is 0 Å². The summed E-state index contributed by atoms with van der Waals surface area (Å²) in [5.41, 5.74) is 0.991. The Morgan fingerprint density at radius 3 is 2.93 bits per heavy atom. The molecule has 0 aliphatic heterocycles. The van der Waals surface area contributed by atoms with E-state index in [2.05, 4.69) is 4.98 Å². The first-order valence-corrected chi connectivity index (χ1v) is 6.68. The van der Waals surface area contributed by atoms with Crippen molar-refractivity contribution in [2.45, 2.75) is 12.8 Å². The van der Waals surface area contributed by atoms with Gasteiger partial charge in [0.25, 0.3) is 0 Å². The van der Waals surface area contributed by atoms with Crippen molar-refractivity contribution in [3.05, 3.63) is 26.9 Å². The number of halogens is 1. The number of aryl methyl sites for hydroxylation is 1. The van der Waals surface area contributed by atoms with Crippen LogP contribution in [-0.4, -0.2) is 16.7 Å². The van der Waals surface area contributed by atoms with Crippen LogP contribution in [0, 0.1) is 0 Å². The third-order valence-corrected chi connectivity index (χ3v) is 4.09. The number of rotatable bonds is 4. The van der Waals surface area contributed by atoms with Gasteiger partial charge in [-0.1, -0.05) is 11.6 Å². The molecule has 0 aromatic carbocycles. The highest BCUT2D eigenvalue weighted by Gasteiger charge is 2.06. The smallest absolute Gasteiger partial charge is 0.0935 e. The van der Waals surface area contributed by atoms with Gasteiger partial charge in [0.2, 0.25) is 0 Å². The zero-order valence-electron chi connectivity index (χ0n) is 7.94.